The van der Waals surface area contributed by atoms with E-state index in [0.717, 1.165) is 25.9 Å². The van der Waals surface area contributed by atoms with Gasteiger partial charge in [0.25, 0.3) is 0 Å². The fourth-order valence-corrected chi connectivity index (χ4v) is 2.56. The van der Waals surface area contributed by atoms with Crippen molar-refractivity contribution in [2.24, 2.45) is 5.73 Å². The van der Waals surface area contributed by atoms with E-state index < -0.39 is 0 Å². The zero-order valence-corrected chi connectivity index (χ0v) is 9.50. The van der Waals surface area contributed by atoms with Gasteiger partial charge in [0.05, 0.1) is 0 Å². The maximum Gasteiger partial charge on any atom is 0.222 e. The lowest BCUT2D eigenvalue weighted by molar-refractivity contribution is -0.130. The molecule has 1 saturated heterocycles. The first-order chi connectivity index (χ1) is 7.25. The van der Waals surface area contributed by atoms with Gasteiger partial charge < -0.3 is 10.6 Å². The lowest BCUT2D eigenvalue weighted by Gasteiger charge is -2.15. The number of likely N-dealkylation sites (tertiary alicyclic amines) is 1. The Bertz CT molecular complexity index is 323. The van der Waals surface area contributed by atoms with Gasteiger partial charge in [-0.25, -0.2) is 0 Å². The van der Waals surface area contributed by atoms with Gasteiger partial charge in [0.15, 0.2) is 0 Å². The molecule has 0 radical (unpaired) electrons. The minimum Gasteiger partial charge on any atom is -0.341 e. The fourth-order valence-electron chi connectivity index (χ4n) is 1.86. The molecular formula is C11H16N2OS. The Kier molecular flexibility index (Phi) is 3.38. The Labute approximate surface area is 93.9 Å². The minimum absolute atomic E-state index is 0.190. The summed E-state index contributed by atoms with van der Waals surface area (Å²) in [6.07, 6.45) is 2.42. The highest BCUT2D eigenvalue weighted by molar-refractivity contribution is 7.07. The minimum atomic E-state index is 0.190. The van der Waals surface area contributed by atoms with E-state index >= 15 is 0 Å². The second-order valence-electron chi connectivity index (χ2n) is 4.02. The third-order valence-electron chi connectivity index (χ3n) is 2.79. The third-order valence-corrected chi connectivity index (χ3v) is 3.52. The zero-order valence-electron chi connectivity index (χ0n) is 8.69. The Morgan fingerprint density at radius 2 is 2.53 bits per heavy atom. The highest BCUT2D eigenvalue weighted by Gasteiger charge is 2.22. The molecular weight excluding hydrogens is 208 g/mol. The first-order valence-corrected chi connectivity index (χ1v) is 6.24. The van der Waals surface area contributed by atoms with Gasteiger partial charge >= 0.3 is 0 Å². The van der Waals surface area contributed by atoms with Gasteiger partial charge in [-0.1, -0.05) is 0 Å². The second-order valence-corrected chi connectivity index (χ2v) is 4.80. The van der Waals surface area contributed by atoms with Crippen LogP contribution in [0.15, 0.2) is 16.8 Å². The van der Waals surface area contributed by atoms with Crippen LogP contribution in [0.2, 0.25) is 0 Å². The predicted molar refractivity (Wildman–Crippen MR) is 61.8 cm³/mol. The van der Waals surface area contributed by atoms with Gasteiger partial charge in [0.1, 0.15) is 0 Å². The van der Waals surface area contributed by atoms with Gasteiger partial charge in [0.2, 0.25) is 5.91 Å². The van der Waals surface area contributed by atoms with Crippen LogP contribution >= 0.6 is 11.3 Å². The number of rotatable bonds is 3. The van der Waals surface area contributed by atoms with Crippen molar-refractivity contribution in [2.45, 2.75) is 25.3 Å². The molecule has 1 aliphatic rings. The number of aryl methyl sites for hydroxylation is 1. The Morgan fingerprint density at radius 3 is 3.13 bits per heavy atom. The number of nitrogens with zero attached hydrogens (tertiary/aromatic N) is 1. The van der Waals surface area contributed by atoms with Crippen LogP contribution in [0.3, 0.4) is 0 Å². The van der Waals surface area contributed by atoms with Crippen LogP contribution in [0.1, 0.15) is 18.4 Å². The summed E-state index contributed by atoms with van der Waals surface area (Å²) in [6.45, 7) is 1.58. The number of thiophene rings is 1. The van der Waals surface area contributed by atoms with Crippen molar-refractivity contribution in [3.05, 3.63) is 22.4 Å². The van der Waals surface area contributed by atoms with Crippen LogP contribution in [-0.2, 0) is 11.2 Å². The molecule has 0 bridgehead atoms. The molecule has 1 aliphatic heterocycles. The van der Waals surface area contributed by atoms with E-state index in [4.69, 9.17) is 5.73 Å². The van der Waals surface area contributed by atoms with Crippen molar-refractivity contribution in [3.8, 4) is 0 Å². The summed E-state index contributed by atoms with van der Waals surface area (Å²) in [4.78, 5) is 13.6. The number of hydrogen-bond donors (Lipinski definition) is 1. The highest BCUT2D eigenvalue weighted by Crippen LogP contribution is 2.12. The topological polar surface area (TPSA) is 46.3 Å². The predicted octanol–water partition coefficient (Wildman–Crippen LogP) is 1.24. The average Bonchev–Trinajstić information content (AvgIpc) is 2.84. The average molecular weight is 224 g/mol. The van der Waals surface area contributed by atoms with E-state index in [9.17, 15) is 4.79 Å². The van der Waals surface area contributed by atoms with E-state index in [0.29, 0.717) is 6.42 Å². The SMILES string of the molecule is NC1CCN(C(=O)CCc2ccsc2)C1. The first-order valence-electron chi connectivity index (χ1n) is 5.30. The molecule has 0 spiro atoms. The van der Waals surface area contributed by atoms with E-state index in [1.807, 2.05) is 10.3 Å². The summed E-state index contributed by atoms with van der Waals surface area (Å²) in [7, 11) is 0. The van der Waals surface area contributed by atoms with Gasteiger partial charge in [-0.15, -0.1) is 0 Å². The van der Waals surface area contributed by atoms with E-state index in [-0.39, 0.29) is 11.9 Å². The molecule has 2 heterocycles. The van der Waals surface area contributed by atoms with Gasteiger partial charge in [-0.3, -0.25) is 4.79 Å². The molecule has 15 heavy (non-hydrogen) atoms. The van der Waals surface area contributed by atoms with Crippen molar-refractivity contribution < 1.29 is 4.79 Å². The normalized spacial score (nSPS) is 20.9. The van der Waals surface area contributed by atoms with Crippen LogP contribution in [0.25, 0.3) is 0 Å². The van der Waals surface area contributed by atoms with Crippen LogP contribution in [0, 0.1) is 0 Å². The van der Waals surface area contributed by atoms with Crippen LogP contribution < -0.4 is 5.73 Å². The summed E-state index contributed by atoms with van der Waals surface area (Å²) in [5.41, 5.74) is 7.02. The third kappa shape index (κ3) is 2.79. The number of carbonyl (C=O) groups is 1. The maximum atomic E-state index is 11.8. The number of hydrogen-bond acceptors (Lipinski definition) is 3. The van der Waals surface area contributed by atoms with Crippen molar-refractivity contribution >= 4 is 17.2 Å². The summed E-state index contributed by atoms with van der Waals surface area (Å²) in [5, 5.41) is 4.15. The van der Waals surface area contributed by atoms with Crippen LogP contribution in [0.5, 0.6) is 0 Å². The molecule has 1 aromatic rings. The number of carbonyl (C=O) groups excluding carboxylic acids is 1. The van der Waals surface area contributed by atoms with Crippen molar-refractivity contribution in [3.63, 3.8) is 0 Å². The molecule has 3 nitrogen and oxygen atoms in total. The molecule has 1 unspecified atom stereocenters. The molecule has 1 atom stereocenters. The Morgan fingerprint density at radius 1 is 1.67 bits per heavy atom. The van der Waals surface area contributed by atoms with Crippen molar-refractivity contribution in [2.75, 3.05) is 13.1 Å². The molecule has 4 heteroatoms. The van der Waals surface area contributed by atoms with Crippen molar-refractivity contribution in [1.82, 2.24) is 4.90 Å². The fraction of sp³-hybridized carbons (Fsp3) is 0.545. The Hall–Kier alpha value is -0.870. The van der Waals surface area contributed by atoms with Crippen molar-refractivity contribution in [1.29, 1.82) is 0 Å². The molecule has 0 aromatic carbocycles. The van der Waals surface area contributed by atoms with E-state index in [2.05, 4.69) is 11.4 Å². The van der Waals surface area contributed by atoms with Crippen LogP contribution in [0.4, 0.5) is 0 Å². The van der Waals surface area contributed by atoms with Gasteiger partial charge in [-0.2, -0.15) is 11.3 Å². The molecule has 1 fully saturated rings. The molecule has 2 rings (SSSR count). The lowest BCUT2D eigenvalue weighted by atomic mass is 10.2. The second kappa shape index (κ2) is 4.77. The summed E-state index contributed by atoms with van der Waals surface area (Å²) < 4.78 is 0. The van der Waals surface area contributed by atoms with Gasteiger partial charge in [0, 0.05) is 25.6 Å². The van der Waals surface area contributed by atoms with E-state index in [1.54, 1.807) is 11.3 Å². The summed E-state index contributed by atoms with van der Waals surface area (Å²) in [5.74, 6) is 0.245. The Balaban J connectivity index is 1.78. The molecule has 0 saturated carbocycles. The molecule has 0 aliphatic carbocycles. The summed E-state index contributed by atoms with van der Waals surface area (Å²) >= 11 is 1.68. The maximum absolute atomic E-state index is 11.8. The quantitative estimate of drug-likeness (QED) is 0.839. The molecule has 82 valence electrons. The largest absolute Gasteiger partial charge is 0.341 e. The zero-order chi connectivity index (χ0) is 10.7. The standard InChI is InChI=1S/C11H16N2OS/c12-10-3-5-13(7-10)11(14)2-1-9-4-6-15-8-9/h4,6,8,10H,1-3,5,7,12H2. The molecule has 1 amide bonds. The molecule has 2 N–H and O–H groups in total. The molecule has 1 aromatic heterocycles. The lowest BCUT2D eigenvalue weighted by Crippen LogP contribution is -2.31. The monoisotopic (exact) mass is 224 g/mol. The number of amides is 1. The van der Waals surface area contributed by atoms with Crippen LogP contribution in [-0.4, -0.2) is 29.9 Å². The number of nitrogens with two attached hydrogens (primary N) is 1. The highest BCUT2D eigenvalue weighted by atomic mass is 32.1. The summed E-state index contributed by atoms with van der Waals surface area (Å²) in [6, 6.07) is 2.27. The van der Waals surface area contributed by atoms with E-state index in [1.165, 1.54) is 5.56 Å². The van der Waals surface area contributed by atoms with Gasteiger partial charge in [-0.05, 0) is 35.2 Å². The first kappa shape index (κ1) is 10.6. The smallest absolute Gasteiger partial charge is 0.222 e.